The first-order chi connectivity index (χ1) is 11.9. The number of halogens is 2. The van der Waals surface area contributed by atoms with Crippen LogP contribution in [0.2, 0.25) is 10.0 Å². The predicted octanol–water partition coefficient (Wildman–Crippen LogP) is 5.07. The molecule has 1 aromatic heterocycles. The van der Waals surface area contributed by atoms with Crippen molar-refractivity contribution in [3.05, 3.63) is 39.3 Å². The molecule has 0 amide bonds. The molecular formula is C17H17Cl2NO3S2. The molecule has 8 heteroatoms. The minimum absolute atomic E-state index is 0.0322. The van der Waals surface area contributed by atoms with E-state index in [9.17, 15) is 14.7 Å². The van der Waals surface area contributed by atoms with Crippen molar-refractivity contribution < 1.29 is 14.7 Å². The van der Waals surface area contributed by atoms with Gasteiger partial charge in [0.25, 0.3) is 0 Å². The first kappa shape index (κ1) is 20.2. The smallest absolute Gasteiger partial charge is 0.306 e. The lowest BCUT2D eigenvalue weighted by Crippen LogP contribution is -2.19. The standard InChI is InChI=1S/C17H17Cl2NO3S2/c1-24-5-4-10(17(22)23)6-13(21)8-12-9-25-16(20-12)14-3-2-11(18)7-15(14)19/h2-3,7,9-10H,4-6,8H2,1H3,(H,22,23)/t10-/m1/s1. The van der Waals surface area contributed by atoms with E-state index in [1.807, 2.05) is 6.26 Å². The third kappa shape index (κ3) is 5.99. The van der Waals surface area contributed by atoms with Gasteiger partial charge in [-0.15, -0.1) is 11.3 Å². The minimum Gasteiger partial charge on any atom is -0.481 e. The van der Waals surface area contributed by atoms with Crippen LogP contribution in [0.5, 0.6) is 0 Å². The molecule has 0 saturated heterocycles. The fourth-order valence-corrected chi connectivity index (χ4v) is 4.23. The predicted molar refractivity (Wildman–Crippen MR) is 105 cm³/mol. The van der Waals surface area contributed by atoms with E-state index < -0.39 is 11.9 Å². The molecule has 1 N–H and O–H groups in total. The minimum atomic E-state index is -0.922. The number of thiazole rings is 1. The summed E-state index contributed by atoms with van der Waals surface area (Å²) >= 11 is 15.0. The van der Waals surface area contributed by atoms with Gasteiger partial charge in [0.2, 0.25) is 0 Å². The Kier molecular flexibility index (Phi) is 7.75. The zero-order valence-corrected chi connectivity index (χ0v) is 16.6. The van der Waals surface area contributed by atoms with Crippen molar-refractivity contribution in [3.63, 3.8) is 0 Å². The summed E-state index contributed by atoms with van der Waals surface area (Å²) in [4.78, 5) is 27.9. The van der Waals surface area contributed by atoms with Crippen LogP contribution in [0.3, 0.4) is 0 Å². The molecule has 134 valence electrons. The molecule has 0 fully saturated rings. The third-order valence-electron chi connectivity index (χ3n) is 3.59. The molecule has 4 nitrogen and oxygen atoms in total. The number of carbonyl (C=O) groups excluding carboxylic acids is 1. The van der Waals surface area contributed by atoms with Gasteiger partial charge in [-0.1, -0.05) is 23.2 Å². The Labute approximate surface area is 164 Å². The first-order valence-electron chi connectivity index (χ1n) is 7.54. The molecule has 0 aliphatic rings. The number of rotatable bonds is 9. The molecule has 0 aliphatic heterocycles. The molecule has 0 bridgehead atoms. The molecule has 1 atom stereocenters. The molecule has 0 aliphatic carbocycles. The third-order valence-corrected chi connectivity index (χ3v) is 5.70. The highest BCUT2D eigenvalue weighted by molar-refractivity contribution is 7.98. The highest BCUT2D eigenvalue weighted by Crippen LogP contribution is 2.32. The topological polar surface area (TPSA) is 67.3 Å². The number of aliphatic carboxylic acids is 1. The fraction of sp³-hybridized carbons (Fsp3) is 0.353. The maximum atomic E-state index is 12.2. The average Bonchev–Trinajstić information content (AvgIpc) is 2.99. The second kappa shape index (κ2) is 9.57. The molecule has 0 saturated carbocycles. The lowest BCUT2D eigenvalue weighted by Gasteiger charge is -2.10. The van der Waals surface area contributed by atoms with Crippen LogP contribution < -0.4 is 0 Å². The van der Waals surface area contributed by atoms with Gasteiger partial charge in [0.15, 0.2) is 0 Å². The zero-order valence-electron chi connectivity index (χ0n) is 13.5. The number of carboxylic acids is 1. The number of ketones is 1. The summed E-state index contributed by atoms with van der Waals surface area (Å²) in [5.41, 5.74) is 1.39. The van der Waals surface area contributed by atoms with Crippen molar-refractivity contribution in [2.45, 2.75) is 19.3 Å². The van der Waals surface area contributed by atoms with E-state index in [0.717, 1.165) is 11.3 Å². The Morgan fingerprint density at radius 1 is 1.36 bits per heavy atom. The van der Waals surface area contributed by atoms with Crippen LogP contribution in [0, 0.1) is 5.92 Å². The van der Waals surface area contributed by atoms with E-state index in [1.165, 1.54) is 11.3 Å². The van der Waals surface area contributed by atoms with Gasteiger partial charge in [0.05, 0.1) is 16.6 Å². The van der Waals surface area contributed by atoms with Gasteiger partial charge in [-0.25, -0.2) is 4.98 Å². The van der Waals surface area contributed by atoms with Crippen molar-refractivity contribution in [1.82, 2.24) is 4.98 Å². The van der Waals surface area contributed by atoms with Crippen molar-refractivity contribution in [2.75, 3.05) is 12.0 Å². The normalized spacial score (nSPS) is 12.1. The summed E-state index contributed by atoms with van der Waals surface area (Å²) < 4.78 is 0. The number of hydrogen-bond donors (Lipinski definition) is 1. The molecule has 1 aromatic carbocycles. The number of hydrogen-bond acceptors (Lipinski definition) is 5. The van der Waals surface area contributed by atoms with Crippen LogP contribution in [-0.2, 0) is 16.0 Å². The van der Waals surface area contributed by atoms with Gasteiger partial charge in [0.1, 0.15) is 10.8 Å². The highest BCUT2D eigenvalue weighted by atomic mass is 35.5. The molecule has 2 aromatic rings. The first-order valence-corrected chi connectivity index (χ1v) is 10.6. The van der Waals surface area contributed by atoms with Gasteiger partial charge >= 0.3 is 5.97 Å². The van der Waals surface area contributed by atoms with Crippen molar-refractivity contribution >= 4 is 58.1 Å². The monoisotopic (exact) mass is 417 g/mol. The van der Waals surface area contributed by atoms with E-state index in [4.69, 9.17) is 23.2 Å². The number of carboxylic acid groups (broad SMARTS) is 1. The summed E-state index contributed by atoms with van der Waals surface area (Å²) in [5.74, 6) is -0.953. The van der Waals surface area contributed by atoms with E-state index in [0.29, 0.717) is 27.2 Å². The molecule has 2 rings (SSSR count). The van der Waals surface area contributed by atoms with Gasteiger partial charge in [0, 0.05) is 28.8 Å². The second-order valence-electron chi connectivity index (χ2n) is 5.50. The van der Waals surface area contributed by atoms with E-state index in [-0.39, 0.29) is 18.6 Å². The summed E-state index contributed by atoms with van der Waals surface area (Å²) in [5, 5.41) is 12.8. The largest absolute Gasteiger partial charge is 0.481 e. The SMILES string of the molecule is CSCC[C@H](CC(=O)Cc1csc(-c2ccc(Cl)cc2Cl)n1)C(=O)O. The van der Waals surface area contributed by atoms with Gasteiger partial charge in [-0.05, 0) is 36.6 Å². The summed E-state index contributed by atoms with van der Waals surface area (Å²) in [6.45, 7) is 0. The maximum Gasteiger partial charge on any atom is 0.306 e. The number of thioether (sulfide) groups is 1. The van der Waals surface area contributed by atoms with Crippen LogP contribution in [0.15, 0.2) is 23.6 Å². The molecule has 0 radical (unpaired) electrons. The number of aromatic nitrogens is 1. The summed E-state index contributed by atoms with van der Waals surface area (Å²) in [6.07, 6.45) is 2.57. The molecule has 1 heterocycles. The maximum absolute atomic E-state index is 12.2. The average molecular weight is 418 g/mol. The Balaban J connectivity index is 2.02. The Morgan fingerprint density at radius 3 is 2.76 bits per heavy atom. The number of carbonyl (C=O) groups is 2. The fourth-order valence-electron chi connectivity index (χ4n) is 2.30. The molecule has 0 spiro atoms. The van der Waals surface area contributed by atoms with Crippen molar-refractivity contribution in [2.24, 2.45) is 5.92 Å². The lowest BCUT2D eigenvalue weighted by molar-refractivity contribution is -0.143. The Hall–Kier alpha value is -1.08. The van der Waals surface area contributed by atoms with Gasteiger partial charge in [-0.2, -0.15) is 11.8 Å². The Morgan fingerprint density at radius 2 is 2.12 bits per heavy atom. The highest BCUT2D eigenvalue weighted by Gasteiger charge is 2.21. The van der Waals surface area contributed by atoms with Crippen LogP contribution >= 0.6 is 46.3 Å². The number of nitrogens with zero attached hydrogens (tertiary/aromatic N) is 1. The van der Waals surface area contributed by atoms with Crippen LogP contribution in [0.4, 0.5) is 0 Å². The van der Waals surface area contributed by atoms with Crippen molar-refractivity contribution in [1.29, 1.82) is 0 Å². The quantitative estimate of drug-likeness (QED) is 0.616. The van der Waals surface area contributed by atoms with E-state index in [2.05, 4.69) is 4.98 Å². The van der Waals surface area contributed by atoms with E-state index in [1.54, 1.807) is 35.3 Å². The van der Waals surface area contributed by atoms with Gasteiger partial charge in [-0.3, -0.25) is 9.59 Å². The molecule has 0 unspecified atom stereocenters. The van der Waals surface area contributed by atoms with Crippen LogP contribution in [0.25, 0.3) is 10.6 Å². The van der Waals surface area contributed by atoms with E-state index >= 15 is 0 Å². The lowest BCUT2D eigenvalue weighted by atomic mass is 9.98. The molecular weight excluding hydrogens is 401 g/mol. The number of benzene rings is 1. The second-order valence-corrected chi connectivity index (χ2v) is 8.19. The Bertz CT molecular complexity index is 764. The van der Waals surface area contributed by atoms with Crippen molar-refractivity contribution in [3.8, 4) is 10.6 Å². The summed E-state index contributed by atoms with van der Waals surface area (Å²) in [7, 11) is 0. The van der Waals surface area contributed by atoms with Gasteiger partial charge < -0.3 is 5.11 Å². The van der Waals surface area contributed by atoms with Crippen LogP contribution in [-0.4, -0.2) is 33.9 Å². The zero-order chi connectivity index (χ0) is 18.4. The summed E-state index contributed by atoms with van der Waals surface area (Å²) in [6, 6.07) is 5.17. The molecule has 25 heavy (non-hydrogen) atoms. The van der Waals surface area contributed by atoms with Crippen LogP contribution in [0.1, 0.15) is 18.5 Å². The number of Topliss-reactive ketones (excluding diaryl/α,β-unsaturated/α-hetero) is 1.